The topological polar surface area (TPSA) is 72.8 Å². The van der Waals surface area contributed by atoms with E-state index in [0.717, 1.165) is 0 Å². The van der Waals surface area contributed by atoms with Crippen LogP contribution in [0.3, 0.4) is 0 Å². The van der Waals surface area contributed by atoms with E-state index in [2.05, 4.69) is 0 Å². The fraction of sp³-hybridized carbons (Fsp3) is 0.250. The minimum Gasteiger partial charge on any atom is -1.00 e. The zero-order chi connectivity index (χ0) is 10.8. The third-order valence-corrected chi connectivity index (χ3v) is 2.50. The molecule has 0 unspecified atom stereocenters. The molecular formula is C8H11NaO5S. The van der Waals surface area contributed by atoms with Gasteiger partial charge in [0.2, 0.25) is 0 Å². The first kappa shape index (κ1) is 14.7. The zero-order valence-corrected chi connectivity index (χ0v) is 11.5. The van der Waals surface area contributed by atoms with Gasteiger partial charge in [-0.3, -0.25) is 4.55 Å². The van der Waals surface area contributed by atoms with Crippen molar-refractivity contribution in [2.24, 2.45) is 0 Å². The Morgan fingerprint density at radius 1 is 1.20 bits per heavy atom. The molecule has 5 nitrogen and oxygen atoms in total. The summed E-state index contributed by atoms with van der Waals surface area (Å²) in [6.45, 7) is 0. The summed E-state index contributed by atoms with van der Waals surface area (Å²) >= 11 is 0. The van der Waals surface area contributed by atoms with Gasteiger partial charge < -0.3 is 10.9 Å². The van der Waals surface area contributed by atoms with Gasteiger partial charge in [-0.05, 0) is 12.1 Å². The summed E-state index contributed by atoms with van der Waals surface area (Å²) in [6.07, 6.45) is 0. The van der Waals surface area contributed by atoms with Crippen LogP contribution in [0.25, 0.3) is 0 Å². The molecule has 0 fully saturated rings. The van der Waals surface area contributed by atoms with Gasteiger partial charge in [0.25, 0.3) is 10.1 Å². The molecule has 1 rings (SSSR count). The molecule has 0 amide bonds. The molecule has 0 spiro atoms. The van der Waals surface area contributed by atoms with Crippen LogP contribution in [-0.2, 0) is 10.1 Å². The number of hydrogen-bond acceptors (Lipinski definition) is 4. The molecule has 0 bridgehead atoms. The van der Waals surface area contributed by atoms with Crippen molar-refractivity contribution < 1.29 is 53.4 Å². The zero-order valence-electron chi connectivity index (χ0n) is 9.72. The fourth-order valence-corrected chi connectivity index (χ4v) is 1.47. The van der Waals surface area contributed by atoms with Crippen molar-refractivity contribution >= 4 is 10.1 Å². The summed E-state index contributed by atoms with van der Waals surface area (Å²) in [7, 11) is -1.38. The first-order chi connectivity index (χ1) is 6.49. The number of methoxy groups -OCH3 is 2. The minimum atomic E-state index is -4.20. The molecule has 0 atom stereocenters. The van der Waals surface area contributed by atoms with Gasteiger partial charge >= 0.3 is 29.6 Å². The molecule has 15 heavy (non-hydrogen) atoms. The summed E-state index contributed by atoms with van der Waals surface area (Å²) in [5.41, 5.74) is 0. The van der Waals surface area contributed by atoms with E-state index in [4.69, 9.17) is 14.0 Å². The molecule has 0 heterocycles. The molecule has 0 saturated carbocycles. The molecule has 1 N–H and O–H groups in total. The Morgan fingerprint density at radius 2 is 1.73 bits per heavy atom. The van der Waals surface area contributed by atoms with Crippen LogP contribution in [0, 0.1) is 0 Å². The Hall–Kier alpha value is -0.270. The maximum Gasteiger partial charge on any atom is 1.00 e. The van der Waals surface area contributed by atoms with E-state index in [1.807, 2.05) is 0 Å². The Labute approximate surface area is 112 Å². The van der Waals surface area contributed by atoms with E-state index in [-0.39, 0.29) is 41.6 Å². The predicted octanol–water partition coefficient (Wildman–Crippen LogP) is -1.93. The van der Waals surface area contributed by atoms with Gasteiger partial charge in [-0.15, -0.1) is 0 Å². The molecule has 0 radical (unpaired) electrons. The molecule has 0 aliphatic heterocycles. The van der Waals surface area contributed by atoms with Crippen molar-refractivity contribution in [3.8, 4) is 11.5 Å². The normalized spacial score (nSPS) is 10.3. The Kier molecular flexibility index (Phi) is 5.61. The maximum absolute atomic E-state index is 10.8. The standard InChI is InChI=1S/C8H10O5S.Na.H/c1-12-7-4-3-6(14(9,10)11)5-8(7)13-2;;/h3-5H,1-2H3,(H,9,10,11);;/q;+1;-1. The van der Waals surface area contributed by atoms with E-state index in [1.54, 1.807) is 0 Å². The summed E-state index contributed by atoms with van der Waals surface area (Å²) in [6, 6.07) is 3.83. The molecule has 1 aromatic rings. The van der Waals surface area contributed by atoms with E-state index in [1.165, 1.54) is 32.4 Å². The second kappa shape index (κ2) is 5.72. The molecular weight excluding hydrogens is 231 g/mol. The predicted molar refractivity (Wildman–Crippen MR) is 50.5 cm³/mol. The molecule has 0 aromatic heterocycles. The second-order valence-electron chi connectivity index (χ2n) is 2.49. The third kappa shape index (κ3) is 3.66. The molecule has 80 valence electrons. The van der Waals surface area contributed by atoms with Crippen LogP contribution >= 0.6 is 0 Å². The van der Waals surface area contributed by atoms with Crippen molar-refractivity contribution in [3.05, 3.63) is 18.2 Å². The summed E-state index contributed by atoms with van der Waals surface area (Å²) < 4.78 is 40.0. The minimum absolute atomic E-state index is 0. The number of benzene rings is 1. The van der Waals surface area contributed by atoms with Gasteiger partial charge in [0.1, 0.15) is 0 Å². The average molecular weight is 242 g/mol. The maximum atomic E-state index is 10.8. The van der Waals surface area contributed by atoms with Gasteiger partial charge in [-0.2, -0.15) is 8.42 Å². The monoisotopic (exact) mass is 242 g/mol. The van der Waals surface area contributed by atoms with Crippen molar-refractivity contribution in [2.75, 3.05) is 14.2 Å². The number of rotatable bonds is 3. The number of hydrogen-bond donors (Lipinski definition) is 1. The quantitative estimate of drug-likeness (QED) is 0.493. The van der Waals surface area contributed by atoms with Crippen molar-refractivity contribution in [1.29, 1.82) is 0 Å². The van der Waals surface area contributed by atoms with Gasteiger partial charge in [0.15, 0.2) is 11.5 Å². The average Bonchev–Trinajstić information content (AvgIpc) is 2.15. The van der Waals surface area contributed by atoms with E-state index in [0.29, 0.717) is 5.75 Å². The van der Waals surface area contributed by atoms with E-state index >= 15 is 0 Å². The molecule has 0 aliphatic rings. The first-order valence-corrected chi connectivity index (χ1v) is 5.12. The summed E-state index contributed by atoms with van der Waals surface area (Å²) in [5, 5.41) is 0. The molecule has 1 aromatic carbocycles. The van der Waals surface area contributed by atoms with Crippen LogP contribution in [0.4, 0.5) is 0 Å². The van der Waals surface area contributed by atoms with Gasteiger partial charge in [-0.1, -0.05) is 0 Å². The van der Waals surface area contributed by atoms with E-state index < -0.39 is 10.1 Å². The van der Waals surface area contributed by atoms with Crippen molar-refractivity contribution in [3.63, 3.8) is 0 Å². The van der Waals surface area contributed by atoms with Crippen LogP contribution in [0.5, 0.6) is 11.5 Å². The SMILES string of the molecule is COc1ccc(S(=O)(=O)O)cc1OC.[H-].[Na+]. The molecule has 0 aliphatic carbocycles. The Bertz CT molecular complexity index is 434. The number of ether oxygens (including phenoxy) is 2. The van der Waals surface area contributed by atoms with Crippen LogP contribution in [0.1, 0.15) is 1.43 Å². The first-order valence-electron chi connectivity index (χ1n) is 3.68. The Morgan fingerprint density at radius 3 is 2.13 bits per heavy atom. The summed E-state index contributed by atoms with van der Waals surface area (Å²) in [4.78, 5) is -0.227. The van der Waals surface area contributed by atoms with Gasteiger partial charge in [-0.25, -0.2) is 0 Å². The molecule has 0 saturated heterocycles. The summed E-state index contributed by atoms with van der Waals surface area (Å²) in [5.74, 6) is 0.655. The molecule has 7 heteroatoms. The van der Waals surface area contributed by atoms with Crippen LogP contribution < -0.4 is 39.0 Å². The smallest absolute Gasteiger partial charge is 1.00 e. The third-order valence-electron chi connectivity index (χ3n) is 1.65. The van der Waals surface area contributed by atoms with E-state index in [9.17, 15) is 8.42 Å². The van der Waals surface area contributed by atoms with Crippen molar-refractivity contribution in [2.45, 2.75) is 4.90 Å². The van der Waals surface area contributed by atoms with Gasteiger partial charge in [0, 0.05) is 6.07 Å². The van der Waals surface area contributed by atoms with Crippen LogP contribution in [0.2, 0.25) is 0 Å². The second-order valence-corrected chi connectivity index (χ2v) is 3.91. The fourth-order valence-electron chi connectivity index (χ4n) is 0.977. The van der Waals surface area contributed by atoms with Crippen molar-refractivity contribution in [1.82, 2.24) is 0 Å². The largest absolute Gasteiger partial charge is 1.00 e. The van der Waals surface area contributed by atoms with Crippen LogP contribution in [0.15, 0.2) is 23.1 Å². The van der Waals surface area contributed by atoms with Gasteiger partial charge in [0.05, 0.1) is 19.1 Å². The van der Waals surface area contributed by atoms with Crippen LogP contribution in [-0.4, -0.2) is 27.2 Å². The Balaban J connectivity index is 0.